The monoisotopic (exact) mass is 545 g/mol. The molecule has 0 aliphatic rings. The van der Waals surface area contributed by atoms with Gasteiger partial charge in [0.2, 0.25) is 5.91 Å². The molecule has 2 N–H and O–H groups in total. The van der Waals surface area contributed by atoms with Gasteiger partial charge >= 0.3 is 12.2 Å². The molecule has 0 atom stereocenters. The lowest BCUT2D eigenvalue weighted by Crippen LogP contribution is -2.42. The van der Waals surface area contributed by atoms with Crippen LogP contribution >= 0.6 is 0 Å². The number of hydrogen-bond acceptors (Lipinski definition) is 4. The number of nitrogens with zero attached hydrogens (tertiary/aromatic N) is 3. The van der Waals surface area contributed by atoms with Gasteiger partial charge in [-0.05, 0) is 48.4 Å². The molecule has 3 aromatic rings. The average molecular weight is 546 g/mol. The smallest absolute Gasteiger partial charge is 0.416 e. The third-order valence-corrected chi connectivity index (χ3v) is 5.71. The van der Waals surface area contributed by atoms with Crippen molar-refractivity contribution < 1.29 is 27.5 Å². The van der Waals surface area contributed by atoms with Gasteiger partial charge < -0.3 is 20.3 Å². The van der Waals surface area contributed by atoms with Crippen LogP contribution in [0.4, 0.5) is 29.5 Å². The van der Waals surface area contributed by atoms with E-state index in [2.05, 4.69) is 15.7 Å². The Morgan fingerprint density at radius 1 is 1.03 bits per heavy atom. The molecule has 3 rings (SSSR count). The molecule has 0 bridgehead atoms. The molecular weight excluding hydrogens is 511 g/mol. The second kappa shape index (κ2) is 11.8. The first-order valence-electron chi connectivity index (χ1n) is 12.5. The van der Waals surface area contributed by atoms with E-state index in [0.717, 1.165) is 17.8 Å². The molecule has 0 spiro atoms. The Hall–Kier alpha value is -4.02. The second-order valence-corrected chi connectivity index (χ2v) is 10.6. The maximum absolute atomic E-state index is 13.1. The Morgan fingerprint density at radius 2 is 1.69 bits per heavy atom. The van der Waals surface area contributed by atoms with Crippen LogP contribution in [0, 0.1) is 5.92 Å². The van der Waals surface area contributed by atoms with Crippen molar-refractivity contribution in [1.29, 1.82) is 0 Å². The molecule has 0 aliphatic heterocycles. The number of hydrogen-bond donors (Lipinski definition) is 2. The normalized spacial score (nSPS) is 11.8. The minimum Gasteiger partial charge on any atom is -0.497 e. The molecule has 0 fully saturated rings. The van der Waals surface area contributed by atoms with Crippen LogP contribution < -0.4 is 15.4 Å². The minimum atomic E-state index is -4.54. The summed E-state index contributed by atoms with van der Waals surface area (Å²) in [5.74, 6) is 0.605. The van der Waals surface area contributed by atoms with Crippen molar-refractivity contribution in [2.24, 2.45) is 5.92 Å². The number of amides is 3. The number of nitrogens with one attached hydrogen (secondary N) is 2. The van der Waals surface area contributed by atoms with E-state index in [1.807, 2.05) is 46.8 Å². The fourth-order valence-corrected chi connectivity index (χ4v) is 3.75. The molecular formula is C28H34F3N5O3. The molecule has 210 valence electrons. The van der Waals surface area contributed by atoms with Crippen molar-refractivity contribution in [1.82, 2.24) is 14.7 Å². The zero-order chi connectivity index (χ0) is 29.0. The predicted octanol–water partition coefficient (Wildman–Crippen LogP) is 6.33. The second-order valence-electron chi connectivity index (χ2n) is 10.6. The van der Waals surface area contributed by atoms with Crippen LogP contribution in [-0.2, 0) is 16.4 Å². The van der Waals surface area contributed by atoms with Gasteiger partial charge in [-0.3, -0.25) is 4.79 Å². The number of aromatic nitrogens is 2. The summed E-state index contributed by atoms with van der Waals surface area (Å²) in [5.41, 5.74) is 0.246. The molecule has 0 radical (unpaired) electrons. The molecule has 39 heavy (non-hydrogen) atoms. The summed E-state index contributed by atoms with van der Waals surface area (Å²) in [6.07, 6.45) is -4.54. The number of alkyl halides is 3. The topological polar surface area (TPSA) is 88.5 Å². The van der Waals surface area contributed by atoms with Gasteiger partial charge in [0.25, 0.3) is 0 Å². The number of carbonyl (C=O) groups is 2. The number of halogens is 3. The Morgan fingerprint density at radius 3 is 2.26 bits per heavy atom. The van der Waals surface area contributed by atoms with E-state index in [9.17, 15) is 22.8 Å². The molecule has 1 heterocycles. The maximum Gasteiger partial charge on any atom is 0.416 e. The van der Waals surface area contributed by atoms with Crippen LogP contribution in [0.25, 0.3) is 5.69 Å². The van der Waals surface area contributed by atoms with Gasteiger partial charge in [0, 0.05) is 23.7 Å². The fourth-order valence-electron chi connectivity index (χ4n) is 3.75. The third kappa shape index (κ3) is 7.98. The summed E-state index contributed by atoms with van der Waals surface area (Å²) in [7, 11) is 1.57. The Bertz CT molecular complexity index is 1300. The molecule has 8 nitrogen and oxygen atoms in total. The van der Waals surface area contributed by atoms with Crippen molar-refractivity contribution in [2.45, 2.75) is 46.2 Å². The van der Waals surface area contributed by atoms with E-state index < -0.39 is 23.7 Å². The van der Waals surface area contributed by atoms with Crippen LogP contribution in [0.5, 0.6) is 5.75 Å². The summed E-state index contributed by atoms with van der Waals surface area (Å²) in [5, 5.41) is 10.0. The zero-order valence-corrected chi connectivity index (χ0v) is 22.9. The van der Waals surface area contributed by atoms with Gasteiger partial charge in [-0.2, -0.15) is 18.3 Å². The molecule has 3 amide bonds. The number of methoxy groups -OCH3 is 1. The van der Waals surface area contributed by atoms with E-state index in [-0.39, 0.29) is 30.1 Å². The Kier molecular flexibility index (Phi) is 8.93. The molecule has 2 aromatic carbocycles. The average Bonchev–Trinajstić information content (AvgIpc) is 3.27. The van der Waals surface area contributed by atoms with E-state index in [0.29, 0.717) is 17.3 Å². The largest absolute Gasteiger partial charge is 0.497 e. The summed E-state index contributed by atoms with van der Waals surface area (Å²) >= 11 is 0. The molecule has 0 unspecified atom stereocenters. The molecule has 0 aliphatic carbocycles. The van der Waals surface area contributed by atoms with Crippen LogP contribution in [0.3, 0.4) is 0 Å². The predicted molar refractivity (Wildman–Crippen MR) is 144 cm³/mol. The lowest BCUT2D eigenvalue weighted by atomic mass is 9.92. The first-order valence-corrected chi connectivity index (χ1v) is 12.5. The number of ether oxygens (including phenoxy) is 1. The van der Waals surface area contributed by atoms with Crippen molar-refractivity contribution in [2.75, 3.05) is 30.8 Å². The number of anilines is 2. The van der Waals surface area contributed by atoms with Gasteiger partial charge in [-0.15, -0.1) is 0 Å². The van der Waals surface area contributed by atoms with Gasteiger partial charge in [0.15, 0.2) is 0 Å². The standard InChI is InChI=1S/C28H34F3N5O3/c1-18(2)16-35(26(38)32-20-9-7-8-19(14-20)28(29,30)31)17-25(37)33-24-15-23(27(3,4)5)34-36(24)21-10-12-22(39-6)13-11-21/h7-15,18H,16-17H2,1-6H3,(H,32,38)(H,33,37). The molecule has 0 saturated carbocycles. The highest BCUT2D eigenvalue weighted by molar-refractivity contribution is 5.96. The van der Waals surface area contributed by atoms with E-state index in [4.69, 9.17) is 4.74 Å². The van der Waals surface area contributed by atoms with E-state index >= 15 is 0 Å². The van der Waals surface area contributed by atoms with Gasteiger partial charge in [-0.1, -0.05) is 40.7 Å². The van der Waals surface area contributed by atoms with Crippen molar-refractivity contribution in [3.05, 3.63) is 65.9 Å². The summed E-state index contributed by atoms with van der Waals surface area (Å²) in [6.45, 7) is 9.64. The van der Waals surface area contributed by atoms with Crippen molar-refractivity contribution >= 4 is 23.4 Å². The third-order valence-electron chi connectivity index (χ3n) is 5.71. The molecule has 0 saturated heterocycles. The van der Waals surface area contributed by atoms with Gasteiger partial charge in [0.1, 0.15) is 18.1 Å². The summed E-state index contributed by atoms with van der Waals surface area (Å²) in [6, 6.07) is 12.6. The molecule has 11 heteroatoms. The summed E-state index contributed by atoms with van der Waals surface area (Å²) < 4.78 is 46.1. The van der Waals surface area contributed by atoms with E-state index in [1.165, 1.54) is 17.0 Å². The van der Waals surface area contributed by atoms with Crippen LogP contribution in [0.1, 0.15) is 45.9 Å². The number of carbonyl (C=O) groups excluding carboxylic acids is 2. The van der Waals surface area contributed by atoms with Gasteiger partial charge in [-0.25, -0.2) is 9.48 Å². The van der Waals surface area contributed by atoms with Crippen LogP contribution in [-0.4, -0.2) is 46.8 Å². The van der Waals surface area contributed by atoms with Crippen molar-refractivity contribution in [3.63, 3.8) is 0 Å². The highest BCUT2D eigenvalue weighted by Gasteiger charge is 2.31. The number of benzene rings is 2. The molecule has 1 aromatic heterocycles. The Labute approximate surface area is 226 Å². The summed E-state index contributed by atoms with van der Waals surface area (Å²) in [4.78, 5) is 27.4. The number of urea groups is 1. The fraction of sp³-hybridized carbons (Fsp3) is 0.393. The zero-order valence-electron chi connectivity index (χ0n) is 22.9. The lowest BCUT2D eigenvalue weighted by Gasteiger charge is -2.24. The van der Waals surface area contributed by atoms with E-state index in [1.54, 1.807) is 30.0 Å². The number of rotatable bonds is 8. The minimum absolute atomic E-state index is 0.00220. The van der Waals surface area contributed by atoms with Crippen molar-refractivity contribution in [3.8, 4) is 11.4 Å². The highest BCUT2D eigenvalue weighted by atomic mass is 19.4. The maximum atomic E-state index is 13.1. The van der Waals surface area contributed by atoms with Crippen LogP contribution in [0.2, 0.25) is 0 Å². The Balaban J connectivity index is 1.82. The lowest BCUT2D eigenvalue weighted by molar-refractivity contribution is -0.137. The first kappa shape index (κ1) is 29.5. The van der Waals surface area contributed by atoms with Gasteiger partial charge in [0.05, 0.1) is 24.1 Å². The quantitative estimate of drug-likeness (QED) is 0.347. The van der Waals surface area contributed by atoms with Crippen LogP contribution in [0.15, 0.2) is 54.6 Å². The highest BCUT2D eigenvalue weighted by Crippen LogP contribution is 2.31. The first-order chi connectivity index (χ1) is 18.2. The SMILES string of the molecule is COc1ccc(-n2nc(C(C)(C)C)cc2NC(=O)CN(CC(C)C)C(=O)Nc2cccc(C(F)(F)F)c2)cc1.